The van der Waals surface area contributed by atoms with Crippen molar-refractivity contribution in [2.24, 2.45) is 11.3 Å². The largest absolute Gasteiger partial charge is 0.348 e. The van der Waals surface area contributed by atoms with Crippen LogP contribution in [0.2, 0.25) is 5.02 Å². The van der Waals surface area contributed by atoms with Crippen molar-refractivity contribution in [3.8, 4) is 28.9 Å². The summed E-state index contributed by atoms with van der Waals surface area (Å²) in [5.41, 5.74) is 0.618. The zero-order chi connectivity index (χ0) is 23.6. The smallest absolute Gasteiger partial charge is 0.326 e. The minimum atomic E-state index is -0.550. The van der Waals surface area contributed by atoms with E-state index in [4.69, 9.17) is 11.6 Å². The van der Waals surface area contributed by atoms with Crippen LogP contribution in [0.1, 0.15) is 40.2 Å². The molecule has 0 radical (unpaired) electrons. The van der Waals surface area contributed by atoms with Gasteiger partial charge < -0.3 is 5.32 Å². The third-order valence-corrected chi connectivity index (χ3v) is 4.72. The number of carbonyl (C=O) groups excluding carboxylic acids is 1. The van der Waals surface area contributed by atoms with Crippen LogP contribution in [-0.2, 0) is 4.79 Å². The van der Waals surface area contributed by atoms with Crippen LogP contribution in [0.25, 0.3) is 17.1 Å². The molecule has 0 spiro atoms. The van der Waals surface area contributed by atoms with Crippen molar-refractivity contribution in [1.29, 1.82) is 0 Å². The van der Waals surface area contributed by atoms with Crippen LogP contribution < -0.4 is 11.0 Å². The summed E-state index contributed by atoms with van der Waals surface area (Å²) in [5, 5.41) is 7.30. The molecular formula is C24H24ClFN4O2. The van der Waals surface area contributed by atoms with Gasteiger partial charge in [0.2, 0.25) is 5.91 Å². The van der Waals surface area contributed by atoms with E-state index in [2.05, 4.69) is 27.2 Å². The summed E-state index contributed by atoms with van der Waals surface area (Å²) in [6, 6.07) is 9.22. The molecule has 32 heavy (non-hydrogen) atoms. The Morgan fingerprint density at radius 2 is 1.94 bits per heavy atom. The Balaban J connectivity index is 1.96. The van der Waals surface area contributed by atoms with Crippen LogP contribution >= 0.6 is 11.6 Å². The van der Waals surface area contributed by atoms with E-state index >= 15 is 0 Å². The molecule has 0 aliphatic carbocycles. The van der Waals surface area contributed by atoms with Crippen LogP contribution in [0.4, 0.5) is 10.1 Å². The second-order valence-corrected chi connectivity index (χ2v) is 9.10. The van der Waals surface area contributed by atoms with Gasteiger partial charge in [0, 0.05) is 22.6 Å². The predicted molar refractivity (Wildman–Crippen MR) is 124 cm³/mol. The van der Waals surface area contributed by atoms with Gasteiger partial charge in [-0.25, -0.2) is 9.18 Å². The van der Waals surface area contributed by atoms with E-state index in [1.807, 2.05) is 20.8 Å². The van der Waals surface area contributed by atoms with Gasteiger partial charge in [-0.2, -0.15) is 4.68 Å². The van der Waals surface area contributed by atoms with E-state index in [-0.39, 0.29) is 39.3 Å². The maximum absolute atomic E-state index is 14.6. The van der Waals surface area contributed by atoms with Gasteiger partial charge in [0.05, 0.1) is 16.3 Å². The standard InChI is InChI=1S/C24H24ClFN4O2/c1-14(2)22(31)27-17-8-9-18(25)20(13-17)30-23(32)28-21(29-30)16-7-6-15(19(26)12-16)10-11-24(3,4)5/h6-9,12-14H,1-5H3,(H,27,31)(H,28,29,32). The number of nitrogens with zero attached hydrogens (tertiary/aromatic N) is 2. The third-order valence-electron chi connectivity index (χ3n) is 4.40. The van der Waals surface area contributed by atoms with Crippen molar-refractivity contribution in [3.63, 3.8) is 0 Å². The van der Waals surface area contributed by atoms with Gasteiger partial charge in [-0.3, -0.25) is 9.78 Å². The second-order valence-electron chi connectivity index (χ2n) is 8.70. The molecule has 166 valence electrons. The minimum Gasteiger partial charge on any atom is -0.326 e. The molecular weight excluding hydrogens is 431 g/mol. The second kappa shape index (κ2) is 9.01. The lowest BCUT2D eigenvalue weighted by atomic mass is 9.97. The Morgan fingerprint density at radius 1 is 1.22 bits per heavy atom. The average molecular weight is 455 g/mol. The Bertz CT molecular complexity index is 1290. The first-order valence-electron chi connectivity index (χ1n) is 10.1. The summed E-state index contributed by atoms with van der Waals surface area (Å²) in [4.78, 5) is 27.2. The summed E-state index contributed by atoms with van der Waals surface area (Å²) < 4.78 is 15.6. The van der Waals surface area contributed by atoms with Crippen molar-refractivity contribution < 1.29 is 9.18 Å². The average Bonchev–Trinajstić information content (AvgIpc) is 3.09. The highest BCUT2D eigenvalue weighted by Gasteiger charge is 2.15. The molecule has 3 aromatic rings. The first-order chi connectivity index (χ1) is 14.9. The van der Waals surface area contributed by atoms with Gasteiger partial charge in [0.15, 0.2) is 5.82 Å². The van der Waals surface area contributed by atoms with E-state index in [9.17, 15) is 14.0 Å². The fourth-order valence-electron chi connectivity index (χ4n) is 2.68. The van der Waals surface area contributed by atoms with Crippen LogP contribution in [0.3, 0.4) is 0 Å². The topological polar surface area (TPSA) is 79.8 Å². The summed E-state index contributed by atoms with van der Waals surface area (Å²) in [6.07, 6.45) is 0. The summed E-state index contributed by atoms with van der Waals surface area (Å²) in [7, 11) is 0. The van der Waals surface area contributed by atoms with E-state index in [0.29, 0.717) is 11.3 Å². The lowest BCUT2D eigenvalue weighted by molar-refractivity contribution is -0.118. The molecule has 0 aliphatic rings. The molecule has 0 fully saturated rings. The molecule has 0 saturated carbocycles. The van der Waals surface area contributed by atoms with E-state index in [1.165, 1.54) is 6.07 Å². The number of anilines is 1. The van der Waals surface area contributed by atoms with Crippen molar-refractivity contribution in [2.75, 3.05) is 5.32 Å². The van der Waals surface area contributed by atoms with Crippen molar-refractivity contribution in [3.05, 3.63) is 63.3 Å². The third kappa shape index (κ3) is 5.45. The fourth-order valence-corrected chi connectivity index (χ4v) is 2.87. The number of rotatable bonds is 4. The van der Waals surface area contributed by atoms with Crippen LogP contribution in [0, 0.1) is 29.0 Å². The van der Waals surface area contributed by atoms with Crippen LogP contribution in [-0.4, -0.2) is 20.7 Å². The van der Waals surface area contributed by atoms with Crippen molar-refractivity contribution in [2.45, 2.75) is 34.6 Å². The van der Waals surface area contributed by atoms with Gasteiger partial charge in [0.25, 0.3) is 0 Å². The molecule has 3 rings (SSSR count). The molecule has 1 amide bonds. The van der Waals surface area contributed by atoms with Gasteiger partial charge in [0.1, 0.15) is 5.82 Å². The Morgan fingerprint density at radius 3 is 2.56 bits per heavy atom. The molecule has 8 heteroatoms. The number of amides is 1. The Hall–Kier alpha value is -3.37. The van der Waals surface area contributed by atoms with Crippen molar-refractivity contribution >= 4 is 23.2 Å². The highest BCUT2D eigenvalue weighted by atomic mass is 35.5. The maximum Gasteiger partial charge on any atom is 0.348 e. The molecule has 0 unspecified atom stereocenters. The summed E-state index contributed by atoms with van der Waals surface area (Å²) >= 11 is 6.27. The van der Waals surface area contributed by atoms with Crippen LogP contribution in [0.5, 0.6) is 0 Å². The number of H-pyrrole nitrogens is 1. The SMILES string of the molecule is CC(C)C(=O)Nc1ccc(Cl)c(-n2nc(-c3ccc(C#CC(C)(C)C)c(F)c3)[nH]c2=O)c1. The monoisotopic (exact) mass is 454 g/mol. The zero-order valence-electron chi connectivity index (χ0n) is 18.5. The number of carbonyl (C=O) groups is 1. The Kier molecular flexibility index (Phi) is 6.56. The molecule has 0 saturated heterocycles. The van der Waals surface area contributed by atoms with E-state index in [0.717, 1.165) is 4.68 Å². The van der Waals surface area contributed by atoms with Gasteiger partial charge in [-0.05, 0) is 57.2 Å². The number of nitrogens with one attached hydrogen (secondary N) is 2. The number of hydrogen-bond donors (Lipinski definition) is 2. The first-order valence-corrected chi connectivity index (χ1v) is 10.5. The van der Waals surface area contributed by atoms with Gasteiger partial charge >= 0.3 is 5.69 Å². The molecule has 2 aromatic carbocycles. The number of benzene rings is 2. The van der Waals surface area contributed by atoms with E-state index < -0.39 is 11.5 Å². The molecule has 1 heterocycles. The number of aromatic nitrogens is 3. The fraction of sp³-hybridized carbons (Fsp3) is 0.292. The lowest BCUT2D eigenvalue weighted by Crippen LogP contribution is -2.19. The number of aromatic amines is 1. The minimum absolute atomic E-state index is 0.168. The maximum atomic E-state index is 14.6. The van der Waals surface area contributed by atoms with Gasteiger partial charge in [-0.1, -0.05) is 37.3 Å². The highest BCUT2D eigenvalue weighted by Crippen LogP contribution is 2.25. The molecule has 0 atom stereocenters. The van der Waals surface area contributed by atoms with Crippen molar-refractivity contribution in [1.82, 2.24) is 14.8 Å². The Labute approximate surface area is 190 Å². The highest BCUT2D eigenvalue weighted by molar-refractivity contribution is 6.32. The number of hydrogen-bond acceptors (Lipinski definition) is 3. The zero-order valence-corrected chi connectivity index (χ0v) is 19.3. The molecule has 6 nitrogen and oxygen atoms in total. The van der Waals surface area contributed by atoms with E-state index in [1.54, 1.807) is 44.2 Å². The first kappa shape index (κ1) is 23.3. The van der Waals surface area contributed by atoms with Gasteiger partial charge in [-0.15, -0.1) is 5.10 Å². The predicted octanol–water partition coefficient (Wildman–Crippen LogP) is 5.01. The quantitative estimate of drug-likeness (QED) is 0.543. The lowest BCUT2D eigenvalue weighted by Gasteiger charge is -2.10. The number of halogens is 2. The normalized spacial score (nSPS) is 11.2. The molecule has 0 bridgehead atoms. The molecule has 0 aliphatic heterocycles. The molecule has 1 aromatic heterocycles. The summed E-state index contributed by atoms with van der Waals surface area (Å²) in [6.45, 7) is 9.37. The van der Waals surface area contributed by atoms with Crippen LogP contribution in [0.15, 0.2) is 41.2 Å². The molecule has 2 N–H and O–H groups in total. The summed E-state index contributed by atoms with van der Waals surface area (Å²) in [5.74, 6) is 5.12.